The van der Waals surface area contributed by atoms with Gasteiger partial charge in [0.2, 0.25) is 0 Å². The van der Waals surface area contributed by atoms with Crippen molar-refractivity contribution < 1.29 is 0 Å². The van der Waals surface area contributed by atoms with Gasteiger partial charge in [-0.3, -0.25) is 0 Å². The summed E-state index contributed by atoms with van der Waals surface area (Å²) in [6.07, 6.45) is 1.96. The highest BCUT2D eigenvalue weighted by atomic mass is 15.3. The van der Waals surface area contributed by atoms with Gasteiger partial charge in [-0.05, 0) is 31.5 Å². The van der Waals surface area contributed by atoms with Gasteiger partial charge in [0.1, 0.15) is 0 Å². The normalized spacial score (nSPS) is 12.3. The second-order valence-corrected chi connectivity index (χ2v) is 5.52. The standard InChI is InChI=1S/C19H21N3/c1-15(20-13-17-9-5-3-6-10-17)19-14-21-22(16(19)2)18-11-7-4-8-12-18/h3-12,14-15,20H,13H2,1-2H3. The van der Waals surface area contributed by atoms with Crippen LogP contribution in [0.3, 0.4) is 0 Å². The van der Waals surface area contributed by atoms with Crippen molar-refractivity contribution in [1.82, 2.24) is 15.1 Å². The van der Waals surface area contributed by atoms with Crippen molar-refractivity contribution in [1.29, 1.82) is 0 Å². The molecule has 3 aromatic rings. The molecule has 3 heteroatoms. The highest BCUT2D eigenvalue weighted by Gasteiger charge is 2.13. The van der Waals surface area contributed by atoms with Crippen LogP contribution in [0.1, 0.15) is 29.8 Å². The number of rotatable bonds is 5. The van der Waals surface area contributed by atoms with Crippen LogP contribution >= 0.6 is 0 Å². The van der Waals surface area contributed by atoms with Crippen molar-refractivity contribution in [2.24, 2.45) is 0 Å². The van der Waals surface area contributed by atoms with Gasteiger partial charge in [0, 0.05) is 23.8 Å². The van der Waals surface area contributed by atoms with E-state index >= 15 is 0 Å². The molecule has 0 aliphatic rings. The maximum absolute atomic E-state index is 4.54. The molecular formula is C19H21N3. The first-order valence-corrected chi connectivity index (χ1v) is 7.63. The van der Waals surface area contributed by atoms with Crippen LogP contribution in [-0.4, -0.2) is 9.78 Å². The van der Waals surface area contributed by atoms with Crippen molar-refractivity contribution in [3.63, 3.8) is 0 Å². The van der Waals surface area contributed by atoms with Crippen molar-refractivity contribution in [2.75, 3.05) is 0 Å². The fourth-order valence-corrected chi connectivity index (χ4v) is 2.65. The summed E-state index contributed by atoms with van der Waals surface area (Å²) in [5.41, 5.74) is 4.81. The zero-order chi connectivity index (χ0) is 15.4. The average Bonchev–Trinajstić information content (AvgIpc) is 2.96. The van der Waals surface area contributed by atoms with Crippen molar-refractivity contribution in [2.45, 2.75) is 26.4 Å². The van der Waals surface area contributed by atoms with Gasteiger partial charge in [-0.2, -0.15) is 5.10 Å². The lowest BCUT2D eigenvalue weighted by molar-refractivity contribution is 0.571. The Bertz CT molecular complexity index is 717. The van der Waals surface area contributed by atoms with E-state index in [1.54, 1.807) is 0 Å². The maximum Gasteiger partial charge on any atom is 0.0648 e. The molecule has 3 rings (SSSR count). The summed E-state index contributed by atoms with van der Waals surface area (Å²) < 4.78 is 2.00. The van der Waals surface area contributed by atoms with Crippen molar-refractivity contribution >= 4 is 0 Å². The van der Waals surface area contributed by atoms with Gasteiger partial charge < -0.3 is 5.32 Å². The Morgan fingerprint density at radius 2 is 1.64 bits per heavy atom. The van der Waals surface area contributed by atoms with Crippen LogP contribution < -0.4 is 5.32 Å². The molecule has 0 saturated carbocycles. The third-order valence-corrected chi connectivity index (χ3v) is 3.97. The topological polar surface area (TPSA) is 29.9 Å². The molecule has 1 unspecified atom stereocenters. The van der Waals surface area contributed by atoms with Crippen LogP contribution in [0.4, 0.5) is 0 Å². The second-order valence-electron chi connectivity index (χ2n) is 5.52. The van der Waals surface area contributed by atoms with E-state index in [9.17, 15) is 0 Å². The fraction of sp³-hybridized carbons (Fsp3) is 0.211. The van der Waals surface area contributed by atoms with E-state index in [0.717, 1.165) is 12.2 Å². The third kappa shape index (κ3) is 3.10. The van der Waals surface area contributed by atoms with Crippen LogP contribution in [0.15, 0.2) is 66.9 Å². The number of hydrogen-bond donors (Lipinski definition) is 1. The predicted octanol–water partition coefficient (Wildman–Crippen LogP) is 4.03. The Morgan fingerprint density at radius 3 is 2.32 bits per heavy atom. The van der Waals surface area contributed by atoms with E-state index in [0.29, 0.717) is 0 Å². The molecule has 0 bridgehead atoms. The van der Waals surface area contributed by atoms with Gasteiger partial charge in [0.05, 0.1) is 11.9 Å². The molecule has 0 amide bonds. The first-order chi connectivity index (χ1) is 10.8. The lowest BCUT2D eigenvalue weighted by Gasteiger charge is -2.14. The molecule has 0 radical (unpaired) electrons. The monoisotopic (exact) mass is 291 g/mol. The molecule has 0 aliphatic carbocycles. The molecule has 2 aromatic carbocycles. The molecule has 112 valence electrons. The quantitative estimate of drug-likeness (QED) is 0.769. The molecule has 1 N–H and O–H groups in total. The number of hydrogen-bond acceptors (Lipinski definition) is 2. The highest BCUT2D eigenvalue weighted by Crippen LogP contribution is 2.20. The summed E-state index contributed by atoms with van der Waals surface area (Å²) in [6, 6.07) is 21.0. The van der Waals surface area contributed by atoms with Gasteiger partial charge >= 0.3 is 0 Å². The Kier molecular flexibility index (Phi) is 4.35. The summed E-state index contributed by atoms with van der Waals surface area (Å²) in [5.74, 6) is 0. The Hall–Kier alpha value is -2.39. The molecule has 0 spiro atoms. The molecule has 0 fully saturated rings. The number of para-hydroxylation sites is 1. The van der Waals surface area contributed by atoms with Gasteiger partial charge in [0.15, 0.2) is 0 Å². The molecule has 3 nitrogen and oxygen atoms in total. The van der Waals surface area contributed by atoms with Gasteiger partial charge in [-0.25, -0.2) is 4.68 Å². The molecule has 22 heavy (non-hydrogen) atoms. The molecule has 1 aromatic heterocycles. The predicted molar refractivity (Wildman–Crippen MR) is 90.0 cm³/mol. The number of aromatic nitrogens is 2. The molecule has 1 heterocycles. The molecule has 1 atom stereocenters. The van der Waals surface area contributed by atoms with E-state index in [1.165, 1.54) is 16.8 Å². The van der Waals surface area contributed by atoms with Gasteiger partial charge in [0.25, 0.3) is 0 Å². The number of nitrogens with one attached hydrogen (secondary N) is 1. The van der Waals surface area contributed by atoms with Crippen LogP contribution in [0.5, 0.6) is 0 Å². The van der Waals surface area contributed by atoms with E-state index in [-0.39, 0.29) is 6.04 Å². The van der Waals surface area contributed by atoms with E-state index in [2.05, 4.69) is 60.7 Å². The molecule has 0 saturated heterocycles. The lowest BCUT2D eigenvalue weighted by Crippen LogP contribution is -2.18. The van der Waals surface area contributed by atoms with Gasteiger partial charge in [-0.1, -0.05) is 48.5 Å². The van der Waals surface area contributed by atoms with Gasteiger partial charge in [-0.15, -0.1) is 0 Å². The third-order valence-electron chi connectivity index (χ3n) is 3.97. The zero-order valence-corrected chi connectivity index (χ0v) is 13.0. The SMILES string of the molecule is Cc1c(C(C)NCc2ccccc2)cnn1-c1ccccc1. The van der Waals surface area contributed by atoms with E-state index in [1.807, 2.05) is 35.1 Å². The first-order valence-electron chi connectivity index (χ1n) is 7.63. The van der Waals surface area contributed by atoms with Crippen molar-refractivity contribution in [3.8, 4) is 5.69 Å². The van der Waals surface area contributed by atoms with Crippen LogP contribution in [-0.2, 0) is 6.54 Å². The number of benzene rings is 2. The largest absolute Gasteiger partial charge is 0.306 e. The molecular weight excluding hydrogens is 270 g/mol. The second kappa shape index (κ2) is 6.58. The Labute approximate surface area is 131 Å². The first kappa shape index (κ1) is 14.5. The van der Waals surface area contributed by atoms with Crippen LogP contribution in [0.25, 0.3) is 5.69 Å². The minimum atomic E-state index is 0.262. The zero-order valence-electron chi connectivity index (χ0n) is 13.0. The highest BCUT2D eigenvalue weighted by molar-refractivity contribution is 5.35. The average molecular weight is 291 g/mol. The Morgan fingerprint density at radius 1 is 1.00 bits per heavy atom. The summed E-state index contributed by atoms with van der Waals surface area (Å²) in [7, 11) is 0. The summed E-state index contributed by atoms with van der Waals surface area (Å²) >= 11 is 0. The minimum absolute atomic E-state index is 0.262. The fourth-order valence-electron chi connectivity index (χ4n) is 2.65. The summed E-state index contributed by atoms with van der Waals surface area (Å²) in [4.78, 5) is 0. The lowest BCUT2D eigenvalue weighted by atomic mass is 10.1. The smallest absolute Gasteiger partial charge is 0.0648 e. The van der Waals surface area contributed by atoms with E-state index < -0.39 is 0 Å². The molecule has 0 aliphatic heterocycles. The Balaban J connectivity index is 1.74. The van der Waals surface area contributed by atoms with Crippen molar-refractivity contribution in [3.05, 3.63) is 83.7 Å². The maximum atomic E-state index is 4.54. The van der Waals surface area contributed by atoms with E-state index in [4.69, 9.17) is 0 Å². The number of nitrogens with zero attached hydrogens (tertiary/aromatic N) is 2. The minimum Gasteiger partial charge on any atom is -0.306 e. The van der Waals surface area contributed by atoms with Crippen LogP contribution in [0, 0.1) is 6.92 Å². The summed E-state index contributed by atoms with van der Waals surface area (Å²) in [5, 5.41) is 8.11. The van der Waals surface area contributed by atoms with Crippen LogP contribution in [0.2, 0.25) is 0 Å². The summed E-state index contributed by atoms with van der Waals surface area (Å²) in [6.45, 7) is 5.16.